The lowest BCUT2D eigenvalue weighted by molar-refractivity contribution is -0.146. The van der Waals surface area contributed by atoms with Gasteiger partial charge in [-0.25, -0.2) is 4.79 Å². The first-order chi connectivity index (χ1) is 8.66. The molecule has 96 valence electrons. The molecule has 0 saturated carbocycles. The SMILES string of the molecule is O=C(O)C(O)CCc1ccc(C2=CNCC2)cc1. The van der Waals surface area contributed by atoms with Crippen LogP contribution in [0, 0.1) is 0 Å². The summed E-state index contributed by atoms with van der Waals surface area (Å²) in [5, 5.41) is 21.0. The summed E-state index contributed by atoms with van der Waals surface area (Å²) in [6.45, 7) is 0.988. The van der Waals surface area contributed by atoms with E-state index < -0.39 is 12.1 Å². The van der Waals surface area contributed by atoms with Crippen molar-refractivity contribution in [3.05, 3.63) is 41.6 Å². The van der Waals surface area contributed by atoms with Gasteiger partial charge in [0.15, 0.2) is 6.10 Å². The summed E-state index contributed by atoms with van der Waals surface area (Å²) in [5.74, 6) is -1.16. The Morgan fingerprint density at radius 2 is 2.06 bits per heavy atom. The van der Waals surface area contributed by atoms with Crippen LogP contribution in [-0.4, -0.2) is 28.8 Å². The smallest absolute Gasteiger partial charge is 0.332 e. The van der Waals surface area contributed by atoms with Crippen molar-refractivity contribution in [3.8, 4) is 0 Å². The molecule has 3 N–H and O–H groups in total. The van der Waals surface area contributed by atoms with E-state index in [1.165, 1.54) is 11.1 Å². The van der Waals surface area contributed by atoms with Gasteiger partial charge in [-0.05, 0) is 36.0 Å². The van der Waals surface area contributed by atoms with Crippen LogP contribution in [-0.2, 0) is 11.2 Å². The number of aliphatic hydroxyl groups is 1. The third-order valence-electron chi connectivity index (χ3n) is 3.13. The van der Waals surface area contributed by atoms with Crippen LogP contribution in [0.4, 0.5) is 0 Å². The number of hydrogen-bond acceptors (Lipinski definition) is 3. The van der Waals surface area contributed by atoms with Gasteiger partial charge in [-0.3, -0.25) is 0 Å². The van der Waals surface area contributed by atoms with Crippen LogP contribution in [0.3, 0.4) is 0 Å². The summed E-state index contributed by atoms with van der Waals surface area (Å²) in [6, 6.07) is 8.06. The highest BCUT2D eigenvalue weighted by molar-refractivity contribution is 5.71. The molecule has 0 spiro atoms. The van der Waals surface area contributed by atoms with Gasteiger partial charge < -0.3 is 15.5 Å². The summed E-state index contributed by atoms with van der Waals surface area (Å²) in [7, 11) is 0. The van der Waals surface area contributed by atoms with E-state index in [2.05, 4.69) is 5.32 Å². The number of aliphatic hydroxyl groups excluding tert-OH is 1. The Labute approximate surface area is 106 Å². The normalized spacial score (nSPS) is 15.9. The Morgan fingerprint density at radius 1 is 1.33 bits per heavy atom. The van der Waals surface area contributed by atoms with E-state index in [0.717, 1.165) is 18.5 Å². The molecule has 0 bridgehead atoms. The zero-order valence-corrected chi connectivity index (χ0v) is 10.1. The first-order valence-electron chi connectivity index (χ1n) is 6.09. The van der Waals surface area contributed by atoms with Crippen molar-refractivity contribution in [1.82, 2.24) is 5.32 Å². The fourth-order valence-corrected chi connectivity index (χ4v) is 2.01. The molecule has 2 rings (SSSR count). The van der Waals surface area contributed by atoms with Crippen molar-refractivity contribution in [2.75, 3.05) is 6.54 Å². The topological polar surface area (TPSA) is 69.6 Å². The summed E-state index contributed by atoms with van der Waals surface area (Å²) in [5.41, 5.74) is 3.54. The van der Waals surface area contributed by atoms with Crippen molar-refractivity contribution in [2.45, 2.75) is 25.4 Å². The molecule has 1 aromatic carbocycles. The second kappa shape index (κ2) is 5.69. The minimum Gasteiger partial charge on any atom is -0.479 e. The van der Waals surface area contributed by atoms with E-state index in [9.17, 15) is 9.90 Å². The molecule has 0 fully saturated rings. The third-order valence-corrected chi connectivity index (χ3v) is 3.13. The van der Waals surface area contributed by atoms with Gasteiger partial charge in [0, 0.05) is 12.7 Å². The average Bonchev–Trinajstić information content (AvgIpc) is 2.90. The van der Waals surface area contributed by atoms with Crippen LogP contribution in [0.5, 0.6) is 0 Å². The molecule has 4 heteroatoms. The van der Waals surface area contributed by atoms with Crippen LogP contribution in [0.1, 0.15) is 24.0 Å². The number of benzene rings is 1. The van der Waals surface area contributed by atoms with Crippen LogP contribution in [0.15, 0.2) is 30.5 Å². The van der Waals surface area contributed by atoms with Crippen LogP contribution >= 0.6 is 0 Å². The van der Waals surface area contributed by atoms with Gasteiger partial charge >= 0.3 is 5.97 Å². The number of carboxylic acids is 1. The largest absolute Gasteiger partial charge is 0.479 e. The molecule has 4 nitrogen and oxygen atoms in total. The van der Waals surface area contributed by atoms with Crippen LogP contribution < -0.4 is 5.32 Å². The highest BCUT2D eigenvalue weighted by atomic mass is 16.4. The Balaban J connectivity index is 1.93. The second-order valence-corrected chi connectivity index (χ2v) is 4.46. The molecule has 18 heavy (non-hydrogen) atoms. The highest BCUT2D eigenvalue weighted by Gasteiger charge is 2.12. The standard InChI is InChI=1S/C14H17NO3/c16-13(14(17)18)6-3-10-1-4-11(5-2-10)12-7-8-15-9-12/h1-2,4-5,9,13,15-16H,3,6-8H2,(H,17,18). The molecule has 1 aliphatic rings. The summed E-state index contributed by atoms with van der Waals surface area (Å²) in [6.07, 6.45) is 2.62. The lowest BCUT2D eigenvalue weighted by atomic mass is 10.0. The van der Waals surface area contributed by atoms with Gasteiger partial charge in [0.1, 0.15) is 0 Å². The average molecular weight is 247 g/mol. The van der Waals surface area contributed by atoms with Crippen molar-refractivity contribution in [1.29, 1.82) is 0 Å². The van der Waals surface area contributed by atoms with Crippen LogP contribution in [0.25, 0.3) is 5.57 Å². The molecule has 0 aliphatic carbocycles. The zero-order valence-electron chi connectivity index (χ0n) is 10.1. The highest BCUT2D eigenvalue weighted by Crippen LogP contribution is 2.21. The van der Waals surface area contributed by atoms with Gasteiger partial charge in [-0.15, -0.1) is 0 Å². The van der Waals surface area contributed by atoms with Crippen molar-refractivity contribution >= 4 is 11.5 Å². The fraction of sp³-hybridized carbons (Fsp3) is 0.357. The molecule has 1 atom stereocenters. The van der Waals surface area contributed by atoms with E-state index >= 15 is 0 Å². The Hall–Kier alpha value is -1.81. The van der Waals surface area contributed by atoms with Crippen molar-refractivity contribution < 1.29 is 15.0 Å². The number of nitrogens with one attached hydrogen (secondary N) is 1. The monoisotopic (exact) mass is 247 g/mol. The number of carboxylic acid groups (broad SMARTS) is 1. The fourth-order valence-electron chi connectivity index (χ4n) is 2.01. The number of aryl methyl sites for hydroxylation is 1. The molecule has 0 radical (unpaired) electrons. The van der Waals surface area contributed by atoms with Gasteiger partial charge in [-0.1, -0.05) is 24.3 Å². The maximum Gasteiger partial charge on any atom is 0.332 e. The summed E-state index contributed by atoms with van der Waals surface area (Å²) < 4.78 is 0. The van der Waals surface area contributed by atoms with Gasteiger partial charge in [0.2, 0.25) is 0 Å². The quantitative estimate of drug-likeness (QED) is 0.735. The molecule has 0 aromatic heterocycles. The molecular weight excluding hydrogens is 230 g/mol. The Kier molecular flexibility index (Phi) is 3.99. The number of aliphatic carboxylic acids is 1. The first-order valence-corrected chi connectivity index (χ1v) is 6.09. The van der Waals surface area contributed by atoms with Gasteiger partial charge in [0.05, 0.1) is 0 Å². The van der Waals surface area contributed by atoms with E-state index in [-0.39, 0.29) is 6.42 Å². The number of hydrogen-bond donors (Lipinski definition) is 3. The lowest BCUT2D eigenvalue weighted by Crippen LogP contribution is -2.19. The minimum atomic E-state index is -1.27. The van der Waals surface area contributed by atoms with E-state index in [1.54, 1.807) is 0 Å². The van der Waals surface area contributed by atoms with Gasteiger partial charge in [0.25, 0.3) is 0 Å². The third kappa shape index (κ3) is 3.11. The summed E-state index contributed by atoms with van der Waals surface area (Å²) >= 11 is 0. The molecule has 0 saturated heterocycles. The van der Waals surface area contributed by atoms with E-state index in [4.69, 9.17) is 5.11 Å². The maximum absolute atomic E-state index is 10.5. The Morgan fingerprint density at radius 3 is 2.61 bits per heavy atom. The number of carbonyl (C=O) groups is 1. The van der Waals surface area contributed by atoms with Crippen molar-refractivity contribution in [2.24, 2.45) is 0 Å². The molecule has 1 unspecified atom stereocenters. The first kappa shape index (κ1) is 12.6. The second-order valence-electron chi connectivity index (χ2n) is 4.46. The minimum absolute atomic E-state index is 0.249. The van der Waals surface area contributed by atoms with Crippen molar-refractivity contribution in [3.63, 3.8) is 0 Å². The predicted molar refractivity (Wildman–Crippen MR) is 69.0 cm³/mol. The lowest BCUT2D eigenvalue weighted by Gasteiger charge is -2.06. The molecule has 1 heterocycles. The Bertz CT molecular complexity index is 451. The molecular formula is C14H17NO3. The summed E-state index contributed by atoms with van der Waals surface area (Å²) in [4.78, 5) is 10.5. The number of rotatable bonds is 5. The molecule has 1 aliphatic heterocycles. The molecule has 1 aromatic rings. The van der Waals surface area contributed by atoms with Gasteiger partial charge in [-0.2, -0.15) is 0 Å². The van der Waals surface area contributed by atoms with Crippen LogP contribution in [0.2, 0.25) is 0 Å². The maximum atomic E-state index is 10.5. The predicted octanol–water partition coefficient (Wildman–Crippen LogP) is 1.40. The molecule has 0 amide bonds. The van der Waals surface area contributed by atoms with E-state index in [0.29, 0.717) is 6.42 Å². The van der Waals surface area contributed by atoms with E-state index in [1.807, 2.05) is 30.5 Å². The zero-order chi connectivity index (χ0) is 13.0.